The number of rotatable bonds is 4. The average Bonchev–Trinajstić information content (AvgIpc) is 2.90. The van der Waals surface area contributed by atoms with E-state index in [-0.39, 0.29) is 0 Å². The molecule has 2 aromatic rings. The first-order chi connectivity index (χ1) is 10.3. The van der Waals surface area contributed by atoms with Crippen molar-refractivity contribution < 1.29 is 0 Å². The van der Waals surface area contributed by atoms with Crippen molar-refractivity contribution in [3.8, 4) is 23.3 Å². The Labute approximate surface area is 125 Å². The summed E-state index contributed by atoms with van der Waals surface area (Å²) in [5, 5.41) is 17.7. The van der Waals surface area contributed by atoms with Gasteiger partial charge in [-0.25, -0.2) is 0 Å². The van der Waals surface area contributed by atoms with Gasteiger partial charge in [-0.05, 0) is 52.6 Å². The van der Waals surface area contributed by atoms with E-state index in [1.807, 2.05) is 0 Å². The van der Waals surface area contributed by atoms with Crippen molar-refractivity contribution in [2.75, 3.05) is 0 Å². The van der Waals surface area contributed by atoms with Crippen molar-refractivity contribution in [1.82, 2.24) is 0 Å². The molecule has 0 aromatic heterocycles. The van der Waals surface area contributed by atoms with Gasteiger partial charge in [0, 0.05) is 12.8 Å². The second-order valence-electron chi connectivity index (χ2n) is 5.38. The van der Waals surface area contributed by atoms with Gasteiger partial charge in [0.1, 0.15) is 0 Å². The quantitative estimate of drug-likeness (QED) is 0.715. The second-order valence-corrected chi connectivity index (χ2v) is 5.38. The highest BCUT2D eigenvalue weighted by molar-refractivity contribution is 5.78. The highest BCUT2D eigenvalue weighted by Gasteiger charge is 2.22. The van der Waals surface area contributed by atoms with E-state index in [0.717, 1.165) is 19.3 Å². The Morgan fingerprint density at radius 2 is 1.62 bits per heavy atom. The Morgan fingerprint density at radius 3 is 2.43 bits per heavy atom. The molecule has 0 saturated carbocycles. The summed E-state index contributed by atoms with van der Waals surface area (Å²) >= 11 is 0. The highest BCUT2D eigenvalue weighted by Crippen LogP contribution is 2.39. The Kier molecular flexibility index (Phi) is 3.71. The number of fused-ring (bicyclic) bond motifs is 3. The molecule has 0 atom stereocenters. The summed E-state index contributed by atoms with van der Waals surface area (Å²) in [5.74, 6) is 0. The molecule has 2 aromatic carbocycles. The number of nitrogens with zero attached hydrogens (tertiary/aromatic N) is 2. The third-order valence-corrected chi connectivity index (χ3v) is 4.20. The molecular weight excluding hydrogens is 256 g/mol. The molecule has 0 saturated heterocycles. The Morgan fingerprint density at radius 1 is 0.857 bits per heavy atom. The zero-order chi connectivity index (χ0) is 14.7. The molecule has 0 radical (unpaired) electrons. The molecule has 102 valence electrons. The molecule has 2 heteroatoms. The zero-order valence-electron chi connectivity index (χ0n) is 11.9. The summed E-state index contributed by atoms with van der Waals surface area (Å²) < 4.78 is 0. The van der Waals surface area contributed by atoms with Crippen LogP contribution in [0.15, 0.2) is 36.4 Å². The van der Waals surface area contributed by atoms with Crippen LogP contribution in [-0.2, 0) is 19.3 Å². The van der Waals surface area contributed by atoms with Crippen LogP contribution in [0.25, 0.3) is 11.1 Å². The maximum absolute atomic E-state index is 8.91. The van der Waals surface area contributed by atoms with E-state index in [1.54, 1.807) is 0 Å². The molecule has 0 fully saturated rings. The largest absolute Gasteiger partial charge is 0.198 e. The smallest absolute Gasteiger partial charge is 0.0625 e. The lowest BCUT2D eigenvalue weighted by Crippen LogP contribution is -2.00. The third kappa shape index (κ3) is 2.41. The van der Waals surface area contributed by atoms with Crippen molar-refractivity contribution in [2.24, 2.45) is 0 Å². The number of nitriles is 2. The van der Waals surface area contributed by atoms with Gasteiger partial charge in [-0.2, -0.15) is 10.5 Å². The van der Waals surface area contributed by atoms with Crippen LogP contribution in [0.4, 0.5) is 0 Å². The van der Waals surface area contributed by atoms with Gasteiger partial charge in [0.05, 0.1) is 12.1 Å². The summed E-state index contributed by atoms with van der Waals surface area (Å²) in [6.07, 6.45) is 3.58. The summed E-state index contributed by atoms with van der Waals surface area (Å²) in [6, 6.07) is 17.3. The SMILES string of the molecule is N#CCCc1ccc2c(c1CCC#N)Cc1ccccc1-2. The molecule has 2 nitrogen and oxygen atoms in total. The molecular formula is C19H16N2. The van der Waals surface area contributed by atoms with E-state index in [2.05, 4.69) is 48.5 Å². The lowest BCUT2D eigenvalue weighted by Gasteiger charge is -2.13. The number of hydrogen-bond acceptors (Lipinski definition) is 2. The minimum absolute atomic E-state index is 0.533. The lowest BCUT2D eigenvalue weighted by atomic mass is 9.91. The number of hydrogen-bond donors (Lipinski definition) is 0. The highest BCUT2D eigenvalue weighted by atomic mass is 14.3. The molecule has 1 aliphatic carbocycles. The minimum Gasteiger partial charge on any atom is -0.198 e. The molecule has 1 aliphatic rings. The Balaban J connectivity index is 2.07. The van der Waals surface area contributed by atoms with Gasteiger partial charge < -0.3 is 0 Å². The van der Waals surface area contributed by atoms with Gasteiger partial charge in [0.15, 0.2) is 0 Å². The standard InChI is InChI=1S/C19H16N2/c20-11-3-6-14-9-10-18-17-7-2-1-5-15(17)13-19(18)16(14)8-4-12-21/h1-2,5,7,9-10H,3-4,6,8,13H2. The summed E-state index contributed by atoms with van der Waals surface area (Å²) in [5.41, 5.74) is 7.88. The monoisotopic (exact) mass is 272 g/mol. The van der Waals surface area contributed by atoms with E-state index < -0.39 is 0 Å². The van der Waals surface area contributed by atoms with Crippen molar-refractivity contribution in [3.63, 3.8) is 0 Å². The van der Waals surface area contributed by atoms with Crippen LogP contribution in [0.3, 0.4) is 0 Å². The van der Waals surface area contributed by atoms with Crippen LogP contribution < -0.4 is 0 Å². The molecule has 0 unspecified atom stereocenters. The predicted molar refractivity (Wildman–Crippen MR) is 82.6 cm³/mol. The first-order valence-corrected chi connectivity index (χ1v) is 7.31. The first-order valence-electron chi connectivity index (χ1n) is 7.31. The Bertz CT molecular complexity index is 760. The van der Waals surface area contributed by atoms with E-state index >= 15 is 0 Å². The summed E-state index contributed by atoms with van der Waals surface area (Å²) in [4.78, 5) is 0. The van der Waals surface area contributed by atoms with Gasteiger partial charge in [0.25, 0.3) is 0 Å². The van der Waals surface area contributed by atoms with E-state index in [9.17, 15) is 0 Å². The van der Waals surface area contributed by atoms with Gasteiger partial charge >= 0.3 is 0 Å². The number of benzene rings is 2. The minimum atomic E-state index is 0.533. The maximum Gasteiger partial charge on any atom is 0.0625 e. The molecule has 3 rings (SSSR count). The molecule has 21 heavy (non-hydrogen) atoms. The predicted octanol–water partition coefficient (Wildman–Crippen LogP) is 4.17. The van der Waals surface area contributed by atoms with Crippen molar-refractivity contribution in [3.05, 3.63) is 58.7 Å². The first kappa shape index (κ1) is 13.4. The molecule has 0 amide bonds. The maximum atomic E-state index is 8.91. The van der Waals surface area contributed by atoms with E-state index in [4.69, 9.17) is 10.5 Å². The van der Waals surface area contributed by atoms with Crippen molar-refractivity contribution in [2.45, 2.75) is 32.1 Å². The van der Waals surface area contributed by atoms with Crippen LogP contribution in [0.2, 0.25) is 0 Å². The van der Waals surface area contributed by atoms with Gasteiger partial charge in [0.2, 0.25) is 0 Å². The van der Waals surface area contributed by atoms with Crippen molar-refractivity contribution >= 4 is 0 Å². The fourth-order valence-electron chi connectivity index (χ4n) is 3.24. The van der Waals surface area contributed by atoms with Crippen LogP contribution in [0.5, 0.6) is 0 Å². The fourth-order valence-corrected chi connectivity index (χ4v) is 3.24. The third-order valence-electron chi connectivity index (χ3n) is 4.20. The van der Waals surface area contributed by atoms with Gasteiger partial charge in [-0.15, -0.1) is 0 Å². The zero-order valence-corrected chi connectivity index (χ0v) is 11.9. The van der Waals surface area contributed by atoms with Gasteiger partial charge in [-0.3, -0.25) is 0 Å². The molecule has 0 spiro atoms. The van der Waals surface area contributed by atoms with Gasteiger partial charge in [-0.1, -0.05) is 36.4 Å². The molecule has 0 heterocycles. The fraction of sp³-hybridized carbons (Fsp3) is 0.263. The number of aryl methyl sites for hydroxylation is 1. The summed E-state index contributed by atoms with van der Waals surface area (Å²) in [7, 11) is 0. The second kappa shape index (κ2) is 5.81. The molecule has 0 bridgehead atoms. The topological polar surface area (TPSA) is 47.6 Å². The van der Waals surface area contributed by atoms with E-state index in [0.29, 0.717) is 12.8 Å². The lowest BCUT2D eigenvalue weighted by molar-refractivity contribution is 0.920. The van der Waals surface area contributed by atoms with Crippen molar-refractivity contribution in [1.29, 1.82) is 10.5 Å². The van der Waals surface area contributed by atoms with Crippen LogP contribution in [0.1, 0.15) is 35.1 Å². The molecule has 0 N–H and O–H groups in total. The average molecular weight is 272 g/mol. The van der Waals surface area contributed by atoms with Crippen LogP contribution in [0, 0.1) is 22.7 Å². The normalized spacial score (nSPS) is 11.3. The molecule has 0 aliphatic heterocycles. The van der Waals surface area contributed by atoms with Crippen LogP contribution >= 0.6 is 0 Å². The van der Waals surface area contributed by atoms with Crippen LogP contribution in [-0.4, -0.2) is 0 Å². The summed E-state index contributed by atoms with van der Waals surface area (Å²) in [6.45, 7) is 0. The van der Waals surface area contributed by atoms with E-state index in [1.165, 1.54) is 33.4 Å². The Hall–Kier alpha value is -2.58.